The third kappa shape index (κ3) is 3.70. The van der Waals surface area contributed by atoms with Crippen LogP contribution >= 0.6 is 11.3 Å². The first-order valence-electron chi connectivity index (χ1n) is 7.22. The van der Waals surface area contributed by atoms with Crippen LogP contribution in [0.5, 0.6) is 0 Å². The van der Waals surface area contributed by atoms with Crippen molar-refractivity contribution in [3.63, 3.8) is 0 Å². The summed E-state index contributed by atoms with van der Waals surface area (Å²) in [6.45, 7) is 0.889. The number of ether oxygens (including phenoxy) is 1. The molecule has 3 aromatic rings. The molecule has 0 aliphatic carbocycles. The third-order valence-corrected chi connectivity index (χ3v) is 5.60. The van der Waals surface area contributed by atoms with E-state index in [1.807, 2.05) is 4.57 Å². The molecule has 25 heavy (non-hydrogen) atoms. The molecule has 2 heterocycles. The highest BCUT2D eigenvalue weighted by Crippen LogP contribution is 2.22. The monoisotopic (exact) mass is 381 g/mol. The van der Waals surface area contributed by atoms with E-state index in [1.165, 1.54) is 29.7 Å². The van der Waals surface area contributed by atoms with Crippen molar-refractivity contribution in [3.8, 4) is 0 Å². The zero-order valence-electron chi connectivity index (χ0n) is 13.5. The summed E-state index contributed by atoms with van der Waals surface area (Å²) in [6.07, 6.45) is 2.52. The van der Waals surface area contributed by atoms with E-state index in [2.05, 4.69) is 10.1 Å². The summed E-state index contributed by atoms with van der Waals surface area (Å²) in [5.74, 6) is -0.522. The summed E-state index contributed by atoms with van der Waals surface area (Å²) < 4.78 is 36.0. The Bertz CT molecular complexity index is 1080. The van der Waals surface area contributed by atoms with Crippen LogP contribution in [-0.4, -0.2) is 44.0 Å². The van der Waals surface area contributed by atoms with Gasteiger partial charge in [-0.3, -0.25) is 4.79 Å². The number of hydrogen-bond acceptors (Lipinski definition) is 7. The summed E-state index contributed by atoms with van der Waals surface area (Å²) in [5, 5.41) is 3.49. The fourth-order valence-electron chi connectivity index (χ4n) is 2.24. The number of sulfone groups is 1. The van der Waals surface area contributed by atoms with Crippen molar-refractivity contribution in [2.24, 2.45) is 4.99 Å². The van der Waals surface area contributed by atoms with Gasteiger partial charge in [-0.1, -0.05) is 16.5 Å². The summed E-state index contributed by atoms with van der Waals surface area (Å²) in [6, 6.07) is 6.25. The Labute approximate surface area is 147 Å². The van der Waals surface area contributed by atoms with Gasteiger partial charge >= 0.3 is 5.91 Å². The zero-order valence-corrected chi connectivity index (χ0v) is 15.1. The molecule has 0 saturated heterocycles. The van der Waals surface area contributed by atoms with E-state index >= 15 is 0 Å². The summed E-state index contributed by atoms with van der Waals surface area (Å²) in [4.78, 5) is 16.9. The Hall–Kier alpha value is -2.30. The molecule has 0 bridgehead atoms. The second-order valence-electron chi connectivity index (χ2n) is 5.22. The van der Waals surface area contributed by atoms with Gasteiger partial charge in [-0.2, -0.15) is 4.99 Å². The van der Waals surface area contributed by atoms with Crippen LogP contribution in [0.25, 0.3) is 10.2 Å². The van der Waals surface area contributed by atoms with Gasteiger partial charge in [-0.25, -0.2) is 8.42 Å². The lowest BCUT2D eigenvalue weighted by atomic mass is 10.3. The Morgan fingerprint density at radius 3 is 2.84 bits per heavy atom. The van der Waals surface area contributed by atoms with E-state index in [1.54, 1.807) is 19.2 Å². The molecule has 0 fully saturated rings. The molecular weight excluding hydrogens is 366 g/mol. The maximum absolute atomic E-state index is 12.2. The first kappa shape index (κ1) is 17.5. The van der Waals surface area contributed by atoms with Gasteiger partial charge in [0.25, 0.3) is 0 Å². The van der Waals surface area contributed by atoms with Crippen molar-refractivity contribution < 1.29 is 22.5 Å². The number of benzene rings is 1. The fourth-order valence-corrected chi connectivity index (χ4v) is 4.05. The van der Waals surface area contributed by atoms with E-state index in [0.717, 1.165) is 11.8 Å². The molecule has 2 aromatic heterocycles. The van der Waals surface area contributed by atoms with Crippen molar-refractivity contribution >= 4 is 37.3 Å². The first-order valence-corrected chi connectivity index (χ1v) is 9.93. The minimum Gasteiger partial charge on any atom is -0.383 e. The predicted octanol–water partition coefficient (Wildman–Crippen LogP) is 1.48. The number of methoxy groups -OCH3 is 1. The lowest BCUT2D eigenvalue weighted by Crippen LogP contribution is -2.19. The Morgan fingerprint density at radius 1 is 1.40 bits per heavy atom. The van der Waals surface area contributed by atoms with Crippen LogP contribution in [0.15, 0.2) is 44.9 Å². The molecule has 10 heteroatoms. The van der Waals surface area contributed by atoms with Crippen LogP contribution in [0.3, 0.4) is 0 Å². The van der Waals surface area contributed by atoms with E-state index < -0.39 is 15.7 Å². The highest BCUT2D eigenvalue weighted by atomic mass is 32.2. The molecule has 1 aromatic carbocycles. The predicted molar refractivity (Wildman–Crippen MR) is 91.2 cm³/mol. The normalized spacial score (nSPS) is 12.8. The first-order chi connectivity index (χ1) is 11.9. The molecular formula is C15H15N3O5S2. The van der Waals surface area contributed by atoms with Crippen LogP contribution in [-0.2, 0) is 21.1 Å². The van der Waals surface area contributed by atoms with Crippen LogP contribution < -0.4 is 4.80 Å². The van der Waals surface area contributed by atoms with Crippen LogP contribution in [0.4, 0.5) is 0 Å². The molecule has 0 N–H and O–H groups in total. The number of carbonyl (C=O) groups excluding carboxylic acids is 1. The molecule has 0 spiro atoms. The van der Waals surface area contributed by atoms with Crippen LogP contribution in [0, 0.1) is 0 Å². The van der Waals surface area contributed by atoms with E-state index in [0.29, 0.717) is 22.7 Å². The van der Waals surface area contributed by atoms with Gasteiger partial charge in [-0.15, -0.1) is 0 Å². The number of aromatic nitrogens is 2. The molecule has 0 atom stereocenters. The molecule has 0 aliphatic heterocycles. The maximum atomic E-state index is 12.2. The van der Waals surface area contributed by atoms with Crippen molar-refractivity contribution in [2.45, 2.75) is 11.4 Å². The van der Waals surface area contributed by atoms with Gasteiger partial charge in [-0.05, 0) is 18.2 Å². The fraction of sp³-hybridized carbons (Fsp3) is 0.267. The zero-order chi connectivity index (χ0) is 18.0. The summed E-state index contributed by atoms with van der Waals surface area (Å²) in [7, 11) is -1.74. The van der Waals surface area contributed by atoms with Gasteiger partial charge in [0.05, 0.1) is 27.9 Å². The largest absolute Gasteiger partial charge is 0.383 e. The van der Waals surface area contributed by atoms with Gasteiger partial charge in [0.15, 0.2) is 14.6 Å². The number of rotatable bonds is 5. The van der Waals surface area contributed by atoms with Gasteiger partial charge < -0.3 is 13.8 Å². The minimum absolute atomic E-state index is 0.0348. The van der Waals surface area contributed by atoms with Gasteiger partial charge in [0.1, 0.15) is 0 Å². The molecule has 0 aliphatic rings. The van der Waals surface area contributed by atoms with Crippen molar-refractivity contribution in [1.29, 1.82) is 0 Å². The second-order valence-corrected chi connectivity index (χ2v) is 8.25. The molecule has 0 saturated carbocycles. The average Bonchev–Trinajstić information content (AvgIpc) is 3.19. The highest BCUT2D eigenvalue weighted by Gasteiger charge is 2.14. The SMILES string of the molecule is COCCn1c(=NC(=O)c2ccno2)sc2cc(S(C)(=O)=O)ccc21. The van der Waals surface area contributed by atoms with Gasteiger partial charge in [0.2, 0.25) is 5.76 Å². The molecule has 0 radical (unpaired) electrons. The second kappa shape index (κ2) is 6.90. The number of carbonyl (C=O) groups is 1. The van der Waals surface area contributed by atoms with E-state index in [-0.39, 0.29) is 10.7 Å². The lowest BCUT2D eigenvalue weighted by molar-refractivity contribution is 0.0962. The van der Waals surface area contributed by atoms with E-state index in [9.17, 15) is 13.2 Å². The number of nitrogens with zero attached hydrogens (tertiary/aromatic N) is 3. The van der Waals surface area contributed by atoms with Crippen molar-refractivity contribution in [1.82, 2.24) is 9.72 Å². The smallest absolute Gasteiger partial charge is 0.318 e. The number of hydrogen-bond donors (Lipinski definition) is 0. The topological polar surface area (TPSA) is 104 Å². The van der Waals surface area contributed by atoms with Crippen LogP contribution in [0.2, 0.25) is 0 Å². The Balaban J connectivity index is 2.17. The minimum atomic E-state index is -3.32. The molecule has 132 valence electrons. The molecule has 1 amide bonds. The maximum Gasteiger partial charge on any atom is 0.318 e. The number of thiazole rings is 1. The van der Waals surface area contributed by atoms with Crippen LogP contribution in [0.1, 0.15) is 10.6 Å². The molecule has 0 unspecified atom stereocenters. The Morgan fingerprint density at radius 2 is 2.20 bits per heavy atom. The Kier molecular flexibility index (Phi) is 4.84. The summed E-state index contributed by atoms with van der Waals surface area (Å²) >= 11 is 1.22. The standard InChI is InChI=1S/C15H15N3O5S2/c1-22-8-7-18-11-4-3-10(25(2,20)21)9-13(11)24-15(18)17-14(19)12-5-6-16-23-12/h3-6,9H,7-8H2,1-2H3. The molecule has 3 rings (SSSR count). The lowest BCUT2D eigenvalue weighted by Gasteiger charge is -2.04. The molecule has 8 nitrogen and oxygen atoms in total. The van der Waals surface area contributed by atoms with Crippen molar-refractivity contribution in [3.05, 3.63) is 41.0 Å². The quantitative estimate of drug-likeness (QED) is 0.663. The van der Waals surface area contributed by atoms with Gasteiger partial charge in [0, 0.05) is 26.0 Å². The van der Waals surface area contributed by atoms with Crippen molar-refractivity contribution in [2.75, 3.05) is 20.0 Å². The number of amides is 1. The van der Waals surface area contributed by atoms with E-state index in [4.69, 9.17) is 9.26 Å². The average molecular weight is 381 g/mol. The summed E-state index contributed by atoms with van der Waals surface area (Å²) in [5.41, 5.74) is 0.776. The third-order valence-electron chi connectivity index (χ3n) is 3.45. The highest BCUT2D eigenvalue weighted by molar-refractivity contribution is 7.90. The number of fused-ring (bicyclic) bond motifs is 1.